The quantitative estimate of drug-likeness (QED) is 0.768. The first-order valence-electron chi connectivity index (χ1n) is 6.37. The van der Waals surface area contributed by atoms with Crippen molar-refractivity contribution < 1.29 is 8.42 Å². The van der Waals surface area contributed by atoms with Crippen LogP contribution in [0.5, 0.6) is 0 Å². The Morgan fingerprint density at radius 2 is 1.84 bits per heavy atom. The lowest BCUT2D eigenvalue weighted by molar-refractivity contribution is 0.232. The Kier molecular flexibility index (Phi) is 4.86. The summed E-state index contributed by atoms with van der Waals surface area (Å²) in [6.45, 7) is 4.57. The van der Waals surface area contributed by atoms with Crippen molar-refractivity contribution in [3.63, 3.8) is 0 Å². The zero-order valence-corrected chi connectivity index (χ0v) is 13.9. The molecule has 106 valence electrons. The van der Waals surface area contributed by atoms with E-state index in [0.717, 1.165) is 29.5 Å². The fourth-order valence-electron chi connectivity index (χ4n) is 2.17. The maximum Gasteiger partial charge on any atom is 0.240 e. The van der Waals surface area contributed by atoms with Crippen molar-refractivity contribution in [2.75, 3.05) is 19.6 Å². The van der Waals surface area contributed by atoms with Crippen molar-refractivity contribution in [1.29, 1.82) is 0 Å². The number of hydrogen-bond donors (Lipinski definition) is 2. The summed E-state index contributed by atoms with van der Waals surface area (Å²) in [5, 5.41) is 3.30. The van der Waals surface area contributed by atoms with E-state index < -0.39 is 10.0 Å². The molecule has 19 heavy (non-hydrogen) atoms. The summed E-state index contributed by atoms with van der Waals surface area (Å²) in [6, 6.07) is 6.91. The van der Waals surface area contributed by atoms with Crippen LogP contribution in [0.4, 0.5) is 0 Å². The molecule has 1 aliphatic heterocycles. The highest BCUT2D eigenvalue weighted by Crippen LogP contribution is 2.27. The third-order valence-electron chi connectivity index (χ3n) is 3.62. The predicted molar refractivity (Wildman–Crippen MR) is 84.6 cm³/mol. The lowest BCUT2D eigenvalue weighted by Gasteiger charge is -2.34. The van der Waals surface area contributed by atoms with Gasteiger partial charge in [-0.1, -0.05) is 6.92 Å². The molecular formula is C13H19IN2O2S. The summed E-state index contributed by atoms with van der Waals surface area (Å²) in [4.78, 5) is 0.338. The van der Waals surface area contributed by atoms with E-state index in [4.69, 9.17) is 0 Å². The van der Waals surface area contributed by atoms with E-state index in [9.17, 15) is 8.42 Å². The molecule has 1 fully saturated rings. The second-order valence-corrected chi connectivity index (χ2v) is 8.35. The van der Waals surface area contributed by atoms with Gasteiger partial charge >= 0.3 is 0 Å². The average molecular weight is 394 g/mol. The number of sulfonamides is 1. The van der Waals surface area contributed by atoms with E-state index in [1.807, 2.05) is 0 Å². The molecule has 1 aromatic rings. The second kappa shape index (κ2) is 6.07. The van der Waals surface area contributed by atoms with Crippen LogP contribution in [0.25, 0.3) is 0 Å². The fourth-order valence-corrected chi connectivity index (χ4v) is 3.73. The Balaban J connectivity index is 2.03. The first-order chi connectivity index (χ1) is 8.91. The van der Waals surface area contributed by atoms with Crippen molar-refractivity contribution >= 4 is 32.6 Å². The van der Waals surface area contributed by atoms with E-state index in [-0.39, 0.29) is 5.41 Å². The van der Waals surface area contributed by atoms with Gasteiger partial charge in [0.1, 0.15) is 0 Å². The molecule has 0 spiro atoms. The van der Waals surface area contributed by atoms with Gasteiger partial charge in [0, 0.05) is 10.1 Å². The Labute approximate surface area is 128 Å². The van der Waals surface area contributed by atoms with Gasteiger partial charge in [-0.3, -0.25) is 0 Å². The molecule has 0 saturated carbocycles. The van der Waals surface area contributed by atoms with E-state index in [1.165, 1.54) is 0 Å². The molecule has 6 heteroatoms. The molecule has 2 rings (SSSR count). The summed E-state index contributed by atoms with van der Waals surface area (Å²) in [7, 11) is -3.39. The maximum atomic E-state index is 12.2. The molecule has 1 aliphatic rings. The number of nitrogens with one attached hydrogen (secondary N) is 2. The summed E-state index contributed by atoms with van der Waals surface area (Å²) >= 11 is 2.16. The molecule has 1 heterocycles. The third kappa shape index (κ3) is 4.14. The lowest BCUT2D eigenvalue weighted by atomic mass is 9.81. The molecule has 0 aromatic heterocycles. The van der Waals surface area contributed by atoms with Crippen molar-refractivity contribution in [3.8, 4) is 0 Å². The van der Waals surface area contributed by atoms with Crippen LogP contribution in [0, 0.1) is 8.99 Å². The Bertz CT molecular complexity index is 522. The zero-order valence-electron chi connectivity index (χ0n) is 10.9. The van der Waals surface area contributed by atoms with E-state index in [2.05, 4.69) is 39.6 Å². The summed E-state index contributed by atoms with van der Waals surface area (Å²) < 4.78 is 28.2. The molecule has 0 atom stereocenters. The zero-order chi connectivity index (χ0) is 13.9. The Morgan fingerprint density at radius 1 is 1.26 bits per heavy atom. The van der Waals surface area contributed by atoms with Crippen LogP contribution in [0.2, 0.25) is 0 Å². The first-order valence-corrected chi connectivity index (χ1v) is 8.94. The normalized spacial score (nSPS) is 19.3. The highest BCUT2D eigenvalue weighted by Gasteiger charge is 2.28. The standard InChI is InChI=1S/C13H19IN2O2S/c1-13(6-8-15-9-7-13)10-16-19(17,18)12-4-2-11(14)3-5-12/h2-5,15-16H,6-10H2,1H3. The van der Waals surface area contributed by atoms with Crippen LogP contribution >= 0.6 is 22.6 Å². The van der Waals surface area contributed by atoms with Crippen LogP contribution in [-0.4, -0.2) is 28.1 Å². The average Bonchev–Trinajstić information content (AvgIpc) is 2.38. The van der Waals surface area contributed by atoms with Crippen LogP contribution in [0.3, 0.4) is 0 Å². The molecule has 0 amide bonds. The predicted octanol–water partition coefficient (Wildman–Crippen LogP) is 1.96. The molecule has 0 bridgehead atoms. The van der Waals surface area contributed by atoms with Crippen LogP contribution < -0.4 is 10.0 Å². The molecule has 0 radical (unpaired) electrons. The Hall–Kier alpha value is -0.180. The number of piperidine rings is 1. The summed E-state index contributed by atoms with van der Waals surface area (Å²) in [5.74, 6) is 0. The van der Waals surface area contributed by atoms with E-state index in [1.54, 1.807) is 24.3 Å². The van der Waals surface area contributed by atoms with Gasteiger partial charge in [-0.15, -0.1) is 0 Å². The van der Waals surface area contributed by atoms with Crippen LogP contribution in [-0.2, 0) is 10.0 Å². The minimum atomic E-state index is -3.39. The largest absolute Gasteiger partial charge is 0.317 e. The van der Waals surface area contributed by atoms with Crippen molar-refractivity contribution in [2.45, 2.75) is 24.7 Å². The molecule has 1 saturated heterocycles. The highest BCUT2D eigenvalue weighted by atomic mass is 127. The van der Waals surface area contributed by atoms with Crippen molar-refractivity contribution in [2.24, 2.45) is 5.41 Å². The summed E-state index contributed by atoms with van der Waals surface area (Å²) in [5.41, 5.74) is 0.0571. The van der Waals surface area contributed by atoms with Gasteiger partial charge in [-0.05, 0) is 78.2 Å². The highest BCUT2D eigenvalue weighted by molar-refractivity contribution is 14.1. The maximum absolute atomic E-state index is 12.2. The second-order valence-electron chi connectivity index (χ2n) is 5.34. The van der Waals surface area contributed by atoms with Gasteiger partial charge in [0.15, 0.2) is 0 Å². The van der Waals surface area contributed by atoms with Gasteiger partial charge < -0.3 is 5.32 Å². The van der Waals surface area contributed by atoms with E-state index in [0.29, 0.717) is 11.4 Å². The van der Waals surface area contributed by atoms with Crippen LogP contribution in [0.1, 0.15) is 19.8 Å². The van der Waals surface area contributed by atoms with Gasteiger partial charge in [-0.2, -0.15) is 0 Å². The van der Waals surface area contributed by atoms with Gasteiger partial charge in [0.2, 0.25) is 10.0 Å². The smallest absolute Gasteiger partial charge is 0.240 e. The topological polar surface area (TPSA) is 58.2 Å². The number of rotatable bonds is 4. The molecule has 4 nitrogen and oxygen atoms in total. The van der Waals surface area contributed by atoms with Crippen molar-refractivity contribution in [1.82, 2.24) is 10.0 Å². The minimum Gasteiger partial charge on any atom is -0.317 e. The van der Waals surface area contributed by atoms with Gasteiger partial charge in [0.25, 0.3) is 0 Å². The molecule has 1 aromatic carbocycles. The van der Waals surface area contributed by atoms with Crippen LogP contribution in [0.15, 0.2) is 29.2 Å². The summed E-state index contributed by atoms with van der Waals surface area (Å²) in [6.07, 6.45) is 2.00. The first kappa shape index (κ1) is 15.2. The van der Waals surface area contributed by atoms with E-state index >= 15 is 0 Å². The molecule has 0 aliphatic carbocycles. The SMILES string of the molecule is CC1(CNS(=O)(=O)c2ccc(I)cc2)CCNCC1. The lowest BCUT2D eigenvalue weighted by Crippen LogP contribution is -2.42. The minimum absolute atomic E-state index is 0.0571. The number of benzene rings is 1. The monoisotopic (exact) mass is 394 g/mol. The van der Waals surface area contributed by atoms with Gasteiger partial charge in [-0.25, -0.2) is 13.1 Å². The van der Waals surface area contributed by atoms with Crippen molar-refractivity contribution in [3.05, 3.63) is 27.8 Å². The molecular weight excluding hydrogens is 375 g/mol. The fraction of sp³-hybridized carbons (Fsp3) is 0.538. The van der Waals surface area contributed by atoms with Gasteiger partial charge in [0.05, 0.1) is 4.90 Å². The third-order valence-corrected chi connectivity index (χ3v) is 5.76. The molecule has 2 N–H and O–H groups in total. The molecule has 0 unspecified atom stereocenters. The Morgan fingerprint density at radius 3 is 2.42 bits per heavy atom. The number of hydrogen-bond acceptors (Lipinski definition) is 3. The number of halogens is 1.